The molecule has 1 unspecified atom stereocenters. The van der Waals surface area contributed by atoms with Crippen molar-refractivity contribution in [2.45, 2.75) is 52.1 Å². The number of nitrogens with zero attached hydrogens (tertiary/aromatic N) is 2. The highest BCUT2D eigenvalue weighted by Crippen LogP contribution is 2.34. The van der Waals surface area contributed by atoms with Gasteiger partial charge in [0.2, 0.25) is 0 Å². The van der Waals surface area contributed by atoms with E-state index in [2.05, 4.69) is 50.5 Å². The summed E-state index contributed by atoms with van der Waals surface area (Å²) in [7, 11) is 0. The maximum absolute atomic E-state index is 9.21. The Balaban J connectivity index is 2.06. The molecule has 0 saturated heterocycles. The van der Waals surface area contributed by atoms with Crippen LogP contribution in [0, 0.1) is 17.2 Å². The smallest absolute Gasteiger partial charge is 0.135 e. The number of nitrogens with two attached hydrogens (primary N) is 1. The summed E-state index contributed by atoms with van der Waals surface area (Å²) in [4.78, 5) is 4.86. The van der Waals surface area contributed by atoms with Gasteiger partial charge in [-0.25, -0.2) is 4.98 Å². The molecular formula is C21H26N4S. The van der Waals surface area contributed by atoms with Gasteiger partial charge in [-0.05, 0) is 56.2 Å². The fourth-order valence-electron chi connectivity index (χ4n) is 3.47. The van der Waals surface area contributed by atoms with E-state index in [1.54, 1.807) is 11.3 Å². The number of pyridine rings is 1. The van der Waals surface area contributed by atoms with Crippen molar-refractivity contribution in [1.29, 1.82) is 5.26 Å². The van der Waals surface area contributed by atoms with E-state index in [0.717, 1.165) is 34.9 Å². The van der Waals surface area contributed by atoms with Gasteiger partial charge in [0.1, 0.15) is 5.82 Å². The minimum absolute atomic E-state index is 0.245. The van der Waals surface area contributed by atoms with Crippen molar-refractivity contribution in [3.63, 3.8) is 0 Å². The first-order chi connectivity index (χ1) is 12.3. The molecule has 136 valence electrons. The van der Waals surface area contributed by atoms with Crippen molar-refractivity contribution in [3.05, 3.63) is 35.2 Å². The summed E-state index contributed by atoms with van der Waals surface area (Å²) < 4.78 is 1.21. The van der Waals surface area contributed by atoms with Crippen LogP contribution in [-0.2, 0) is 0 Å². The average Bonchev–Trinajstić information content (AvgIpc) is 3.02. The number of anilines is 1. The zero-order valence-corrected chi connectivity index (χ0v) is 16.7. The topological polar surface area (TPSA) is 74.7 Å². The zero-order valence-electron chi connectivity index (χ0n) is 15.8. The SMILES string of the molecule is CC(C)CC(CC(C)(C)N)Nc1nc2cc(C#N)ccc2c2sccc12. The van der Waals surface area contributed by atoms with Gasteiger partial charge in [-0.3, -0.25) is 0 Å². The highest BCUT2D eigenvalue weighted by atomic mass is 32.1. The molecule has 0 fully saturated rings. The predicted octanol–water partition coefficient (Wildman–Crippen LogP) is 5.28. The Morgan fingerprint density at radius 1 is 1.27 bits per heavy atom. The van der Waals surface area contributed by atoms with E-state index in [1.807, 2.05) is 18.2 Å². The van der Waals surface area contributed by atoms with Gasteiger partial charge < -0.3 is 11.1 Å². The quantitative estimate of drug-likeness (QED) is 0.623. The normalized spacial score (nSPS) is 13.3. The van der Waals surface area contributed by atoms with Crippen molar-refractivity contribution in [2.24, 2.45) is 11.7 Å². The fraction of sp³-hybridized carbons (Fsp3) is 0.429. The Bertz CT molecular complexity index is 960. The molecule has 0 bridgehead atoms. The van der Waals surface area contributed by atoms with Gasteiger partial charge in [-0.1, -0.05) is 19.9 Å². The van der Waals surface area contributed by atoms with Crippen molar-refractivity contribution in [1.82, 2.24) is 4.98 Å². The third-order valence-corrected chi connectivity index (χ3v) is 5.34. The number of thiophene rings is 1. The molecule has 5 heteroatoms. The lowest BCUT2D eigenvalue weighted by Gasteiger charge is -2.28. The maximum Gasteiger partial charge on any atom is 0.135 e. The van der Waals surface area contributed by atoms with Gasteiger partial charge in [0.25, 0.3) is 0 Å². The van der Waals surface area contributed by atoms with E-state index in [1.165, 1.54) is 4.70 Å². The monoisotopic (exact) mass is 366 g/mol. The molecule has 3 N–H and O–H groups in total. The number of fused-ring (bicyclic) bond motifs is 3. The molecule has 0 aliphatic rings. The van der Waals surface area contributed by atoms with Crippen LogP contribution in [0.15, 0.2) is 29.6 Å². The number of benzene rings is 1. The van der Waals surface area contributed by atoms with Crippen LogP contribution < -0.4 is 11.1 Å². The number of hydrogen-bond donors (Lipinski definition) is 2. The molecule has 3 aromatic rings. The Kier molecular flexibility index (Phi) is 5.17. The summed E-state index contributed by atoms with van der Waals surface area (Å²) in [5, 5.41) is 17.2. The van der Waals surface area contributed by atoms with Gasteiger partial charge in [-0.2, -0.15) is 5.26 Å². The lowest BCUT2D eigenvalue weighted by Crippen LogP contribution is -2.39. The fourth-order valence-corrected chi connectivity index (χ4v) is 4.40. The number of nitrogens with one attached hydrogen (secondary N) is 1. The van der Waals surface area contributed by atoms with Crippen molar-refractivity contribution in [2.75, 3.05) is 5.32 Å². The number of rotatable bonds is 6. The Labute approximate surface area is 159 Å². The first-order valence-electron chi connectivity index (χ1n) is 9.03. The lowest BCUT2D eigenvalue weighted by molar-refractivity contribution is 0.395. The molecule has 2 aromatic heterocycles. The summed E-state index contributed by atoms with van der Waals surface area (Å²) in [5.74, 6) is 1.46. The van der Waals surface area contributed by atoms with Gasteiger partial charge in [0.15, 0.2) is 0 Å². The summed E-state index contributed by atoms with van der Waals surface area (Å²) >= 11 is 1.71. The van der Waals surface area contributed by atoms with E-state index >= 15 is 0 Å². The highest BCUT2D eigenvalue weighted by Gasteiger charge is 2.22. The third-order valence-electron chi connectivity index (χ3n) is 4.39. The molecule has 0 aliphatic carbocycles. The molecule has 0 radical (unpaired) electrons. The van der Waals surface area contributed by atoms with Crippen molar-refractivity contribution < 1.29 is 0 Å². The van der Waals surface area contributed by atoms with E-state index in [-0.39, 0.29) is 11.6 Å². The second kappa shape index (κ2) is 7.22. The Hall–Kier alpha value is -2.16. The van der Waals surface area contributed by atoms with Crippen LogP contribution in [0.4, 0.5) is 5.82 Å². The van der Waals surface area contributed by atoms with E-state index in [9.17, 15) is 5.26 Å². The van der Waals surface area contributed by atoms with Gasteiger partial charge >= 0.3 is 0 Å². The highest BCUT2D eigenvalue weighted by molar-refractivity contribution is 7.18. The third kappa shape index (κ3) is 4.14. The zero-order chi connectivity index (χ0) is 18.9. The first-order valence-corrected chi connectivity index (χ1v) is 9.91. The molecule has 2 heterocycles. The van der Waals surface area contributed by atoms with Crippen LogP contribution in [-0.4, -0.2) is 16.6 Å². The molecule has 26 heavy (non-hydrogen) atoms. The van der Waals surface area contributed by atoms with Crippen LogP contribution in [0.25, 0.3) is 21.0 Å². The summed E-state index contributed by atoms with van der Waals surface area (Å²) in [6.45, 7) is 8.58. The van der Waals surface area contributed by atoms with Crippen molar-refractivity contribution >= 4 is 38.1 Å². The summed E-state index contributed by atoms with van der Waals surface area (Å²) in [6, 6.07) is 10.3. The van der Waals surface area contributed by atoms with Gasteiger partial charge in [0.05, 0.1) is 17.1 Å². The lowest BCUT2D eigenvalue weighted by atomic mass is 9.91. The standard InChI is InChI=1S/C21H26N4S/c1-13(2)9-15(11-21(3,4)23)24-20-17-7-8-26-19(17)16-6-5-14(12-22)10-18(16)25-20/h5-8,10,13,15H,9,11,23H2,1-4H3,(H,24,25). The Morgan fingerprint density at radius 3 is 2.69 bits per heavy atom. The summed E-state index contributed by atoms with van der Waals surface area (Å²) in [6.07, 6.45) is 1.90. The molecule has 0 amide bonds. The first kappa shape index (κ1) is 18.6. The molecule has 0 spiro atoms. The predicted molar refractivity (Wildman–Crippen MR) is 112 cm³/mol. The van der Waals surface area contributed by atoms with Crippen LogP contribution in [0.1, 0.15) is 46.1 Å². The van der Waals surface area contributed by atoms with Crippen LogP contribution in [0.3, 0.4) is 0 Å². The molecule has 3 rings (SSSR count). The minimum Gasteiger partial charge on any atom is -0.367 e. The maximum atomic E-state index is 9.21. The number of aromatic nitrogens is 1. The number of hydrogen-bond acceptors (Lipinski definition) is 5. The second-order valence-electron chi connectivity index (χ2n) is 8.13. The van der Waals surface area contributed by atoms with E-state index in [4.69, 9.17) is 10.7 Å². The molecule has 4 nitrogen and oxygen atoms in total. The molecule has 0 saturated carbocycles. The van der Waals surface area contributed by atoms with Crippen molar-refractivity contribution in [3.8, 4) is 6.07 Å². The molecule has 1 atom stereocenters. The molecule has 1 aromatic carbocycles. The van der Waals surface area contributed by atoms with Gasteiger partial charge in [-0.15, -0.1) is 11.3 Å². The van der Waals surface area contributed by atoms with Crippen LogP contribution in [0.2, 0.25) is 0 Å². The van der Waals surface area contributed by atoms with Gasteiger partial charge in [0, 0.05) is 27.1 Å². The average molecular weight is 367 g/mol. The van der Waals surface area contributed by atoms with E-state index in [0.29, 0.717) is 11.5 Å². The van der Waals surface area contributed by atoms with Crippen LogP contribution >= 0.6 is 11.3 Å². The largest absolute Gasteiger partial charge is 0.367 e. The Morgan fingerprint density at radius 2 is 2.04 bits per heavy atom. The molecule has 0 aliphatic heterocycles. The number of nitriles is 1. The van der Waals surface area contributed by atoms with E-state index < -0.39 is 0 Å². The second-order valence-corrected chi connectivity index (χ2v) is 9.05. The minimum atomic E-state index is -0.245. The van der Waals surface area contributed by atoms with Crippen LogP contribution in [0.5, 0.6) is 0 Å². The molecular weight excluding hydrogens is 340 g/mol. The summed E-state index contributed by atoms with van der Waals surface area (Å²) in [5.41, 5.74) is 7.54.